The van der Waals surface area contributed by atoms with Crippen LogP contribution in [0.4, 0.5) is 5.82 Å². The summed E-state index contributed by atoms with van der Waals surface area (Å²) in [6.07, 6.45) is 1.75. The van der Waals surface area contributed by atoms with E-state index in [9.17, 15) is 0 Å². The molecule has 0 saturated heterocycles. The lowest BCUT2D eigenvalue weighted by Gasteiger charge is -2.26. The molecule has 0 saturated carbocycles. The molecular weight excluding hydrogens is 258 g/mol. The zero-order valence-electron chi connectivity index (χ0n) is 12.1. The monoisotopic (exact) mass is 277 g/mol. The van der Waals surface area contributed by atoms with E-state index < -0.39 is 0 Å². The highest BCUT2D eigenvalue weighted by Gasteiger charge is 2.24. The predicted octanol–water partition coefficient (Wildman–Crippen LogP) is 3.86. The predicted molar refractivity (Wildman–Crippen MR) is 86.1 cm³/mol. The Bertz CT molecular complexity index is 649. The van der Waals surface area contributed by atoms with Crippen LogP contribution in [0.25, 0.3) is 0 Å². The first-order chi connectivity index (χ1) is 10.3. The third kappa shape index (κ3) is 2.68. The molecule has 0 radical (unpaired) electrons. The van der Waals surface area contributed by atoms with Crippen LogP contribution in [0.15, 0.2) is 72.9 Å². The second-order valence-electron chi connectivity index (χ2n) is 5.24. The van der Waals surface area contributed by atoms with Crippen molar-refractivity contribution in [1.29, 1.82) is 0 Å². The van der Waals surface area contributed by atoms with Crippen molar-refractivity contribution in [2.45, 2.75) is 18.9 Å². The number of anilines is 1. The van der Waals surface area contributed by atoms with Crippen molar-refractivity contribution in [3.8, 4) is 0 Å². The Morgan fingerprint density at radius 3 is 1.81 bits per heavy atom. The van der Waals surface area contributed by atoms with Crippen molar-refractivity contribution in [2.24, 2.45) is 0 Å². The lowest BCUT2D eigenvalue weighted by Crippen LogP contribution is -2.19. The van der Waals surface area contributed by atoms with Crippen molar-refractivity contribution in [1.82, 2.24) is 9.78 Å². The van der Waals surface area contributed by atoms with Crippen LogP contribution in [0.2, 0.25) is 0 Å². The maximum absolute atomic E-state index is 6.04. The molecule has 1 heterocycles. The van der Waals surface area contributed by atoms with Crippen LogP contribution in [0, 0.1) is 0 Å². The third-order valence-corrected chi connectivity index (χ3v) is 3.89. The molecule has 2 N–H and O–H groups in total. The van der Waals surface area contributed by atoms with E-state index in [-0.39, 0.29) is 12.0 Å². The highest BCUT2D eigenvalue weighted by molar-refractivity contribution is 5.35. The molecule has 0 aliphatic heterocycles. The summed E-state index contributed by atoms with van der Waals surface area (Å²) >= 11 is 0. The normalized spacial score (nSPS) is 12.5. The van der Waals surface area contributed by atoms with Gasteiger partial charge in [0.15, 0.2) is 0 Å². The van der Waals surface area contributed by atoms with Gasteiger partial charge in [0.05, 0.1) is 12.2 Å². The Morgan fingerprint density at radius 2 is 1.38 bits per heavy atom. The van der Waals surface area contributed by atoms with Crippen LogP contribution >= 0.6 is 0 Å². The molecule has 1 aromatic heterocycles. The topological polar surface area (TPSA) is 43.8 Å². The summed E-state index contributed by atoms with van der Waals surface area (Å²) in [6, 6.07) is 23.0. The second-order valence-corrected chi connectivity index (χ2v) is 5.24. The highest BCUT2D eigenvalue weighted by atomic mass is 15.3. The molecule has 3 heteroatoms. The molecule has 0 amide bonds. The Morgan fingerprint density at radius 1 is 0.857 bits per heavy atom. The van der Waals surface area contributed by atoms with Crippen LogP contribution < -0.4 is 5.73 Å². The van der Waals surface area contributed by atoms with Gasteiger partial charge in [0.25, 0.3) is 0 Å². The molecule has 3 nitrogen and oxygen atoms in total. The van der Waals surface area contributed by atoms with E-state index in [0.29, 0.717) is 5.82 Å². The Kier molecular flexibility index (Phi) is 3.73. The Hall–Kier alpha value is -2.55. The maximum atomic E-state index is 6.04. The minimum Gasteiger partial charge on any atom is -0.384 e. The molecular formula is C18H19N3. The van der Waals surface area contributed by atoms with Gasteiger partial charge in [-0.1, -0.05) is 60.7 Å². The smallest absolute Gasteiger partial charge is 0.121 e. The van der Waals surface area contributed by atoms with E-state index in [4.69, 9.17) is 5.73 Å². The van der Waals surface area contributed by atoms with Crippen LogP contribution in [0.1, 0.15) is 30.0 Å². The van der Waals surface area contributed by atoms with E-state index in [2.05, 4.69) is 60.6 Å². The first-order valence-corrected chi connectivity index (χ1v) is 7.16. The molecule has 106 valence electrons. The number of benzene rings is 2. The largest absolute Gasteiger partial charge is 0.384 e. The number of aromatic nitrogens is 2. The number of nitrogens with zero attached hydrogens (tertiary/aromatic N) is 2. The summed E-state index contributed by atoms with van der Waals surface area (Å²) in [5.74, 6) is 0.911. The molecule has 21 heavy (non-hydrogen) atoms. The molecule has 1 unspecified atom stereocenters. The fourth-order valence-electron chi connectivity index (χ4n) is 2.88. The van der Waals surface area contributed by atoms with Crippen molar-refractivity contribution in [3.63, 3.8) is 0 Å². The molecule has 0 bridgehead atoms. The first kappa shape index (κ1) is 13.4. The van der Waals surface area contributed by atoms with Gasteiger partial charge in [-0.2, -0.15) is 5.10 Å². The number of nitrogen functional groups attached to an aromatic ring is 1. The quantitative estimate of drug-likeness (QED) is 0.787. The summed E-state index contributed by atoms with van der Waals surface area (Å²) in [5, 5.41) is 4.38. The number of hydrogen-bond acceptors (Lipinski definition) is 2. The van der Waals surface area contributed by atoms with Gasteiger partial charge in [-0.3, -0.25) is 0 Å². The molecule has 1 atom stereocenters. The van der Waals surface area contributed by atoms with Gasteiger partial charge in [0.1, 0.15) is 5.82 Å². The van der Waals surface area contributed by atoms with Crippen LogP contribution in [0.3, 0.4) is 0 Å². The van der Waals surface area contributed by atoms with Gasteiger partial charge in [0, 0.05) is 5.92 Å². The van der Waals surface area contributed by atoms with E-state index in [1.807, 2.05) is 22.9 Å². The molecule has 0 fully saturated rings. The second kappa shape index (κ2) is 5.83. The molecule has 0 aliphatic carbocycles. The fraction of sp³-hybridized carbons (Fsp3) is 0.167. The van der Waals surface area contributed by atoms with E-state index >= 15 is 0 Å². The minimum absolute atomic E-state index is 0.143. The third-order valence-electron chi connectivity index (χ3n) is 3.89. The summed E-state index contributed by atoms with van der Waals surface area (Å²) < 4.78 is 1.89. The molecule has 0 aliphatic rings. The lowest BCUT2D eigenvalue weighted by molar-refractivity contribution is 0.450. The van der Waals surface area contributed by atoms with E-state index in [0.717, 1.165) is 0 Å². The average Bonchev–Trinajstić information content (AvgIpc) is 2.96. The summed E-state index contributed by atoms with van der Waals surface area (Å²) in [5.41, 5.74) is 8.57. The zero-order valence-corrected chi connectivity index (χ0v) is 12.1. The molecule has 3 aromatic rings. The lowest BCUT2D eigenvalue weighted by atomic mass is 9.86. The van der Waals surface area contributed by atoms with Crippen molar-refractivity contribution >= 4 is 5.82 Å². The van der Waals surface area contributed by atoms with Crippen molar-refractivity contribution in [3.05, 3.63) is 84.1 Å². The number of rotatable bonds is 4. The summed E-state index contributed by atoms with van der Waals surface area (Å²) in [7, 11) is 0. The molecule has 3 rings (SSSR count). The summed E-state index contributed by atoms with van der Waals surface area (Å²) in [4.78, 5) is 0. The minimum atomic E-state index is 0.143. The average molecular weight is 277 g/mol. The fourth-order valence-corrected chi connectivity index (χ4v) is 2.88. The highest BCUT2D eigenvalue weighted by Crippen LogP contribution is 2.35. The summed E-state index contributed by atoms with van der Waals surface area (Å²) in [6.45, 7) is 2.16. The number of nitrogens with two attached hydrogens (primary N) is 1. The maximum Gasteiger partial charge on any atom is 0.121 e. The van der Waals surface area contributed by atoms with Gasteiger partial charge >= 0.3 is 0 Å². The van der Waals surface area contributed by atoms with Crippen molar-refractivity contribution < 1.29 is 0 Å². The number of hydrogen-bond donors (Lipinski definition) is 1. The van der Waals surface area contributed by atoms with Crippen LogP contribution in [-0.2, 0) is 0 Å². The van der Waals surface area contributed by atoms with Gasteiger partial charge in [-0.05, 0) is 24.1 Å². The SMILES string of the molecule is CC(C(c1ccccc1)c1ccccc1)n1nccc1N. The Balaban J connectivity index is 2.07. The molecule has 2 aromatic carbocycles. The van der Waals surface area contributed by atoms with Crippen LogP contribution in [-0.4, -0.2) is 9.78 Å². The van der Waals surface area contributed by atoms with E-state index in [1.165, 1.54) is 11.1 Å². The Labute approximate surface area is 125 Å². The van der Waals surface area contributed by atoms with Crippen molar-refractivity contribution in [2.75, 3.05) is 5.73 Å². The first-order valence-electron chi connectivity index (χ1n) is 7.16. The standard InChI is InChI=1S/C18H19N3/c1-14(21-17(19)12-13-20-21)18(15-8-4-2-5-9-15)16-10-6-3-7-11-16/h2-14,18H,19H2,1H3. The van der Waals surface area contributed by atoms with Crippen LogP contribution in [0.5, 0.6) is 0 Å². The van der Waals surface area contributed by atoms with Gasteiger partial charge in [-0.15, -0.1) is 0 Å². The van der Waals surface area contributed by atoms with Gasteiger partial charge in [-0.25, -0.2) is 4.68 Å². The zero-order chi connectivity index (χ0) is 14.7. The van der Waals surface area contributed by atoms with Gasteiger partial charge in [0.2, 0.25) is 0 Å². The molecule has 0 spiro atoms. The van der Waals surface area contributed by atoms with E-state index in [1.54, 1.807) is 6.20 Å². The van der Waals surface area contributed by atoms with Gasteiger partial charge < -0.3 is 5.73 Å².